The molecular weight excluding hydrogens is 228 g/mol. The minimum atomic E-state index is -1.47. The van der Waals surface area contributed by atoms with Crippen molar-refractivity contribution in [2.45, 2.75) is 32.3 Å². The number of allylic oxidation sites excluding steroid dienone is 1. The molecule has 3 heteroatoms. The van der Waals surface area contributed by atoms with Crippen molar-refractivity contribution in [2.24, 2.45) is 0 Å². The molecule has 0 fully saturated rings. The van der Waals surface area contributed by atoms with Crippen LogP contribution in [0.5, 0.6) is 0 Å². The molecular formula is C15H18O3. The van der Waals surface area contributed by atoms with Crippen LogP contribution >= 0.6 is 0 Å². The van der Waals surface area contributed by atoms with Gasteiger partial charge in [0.2, 0.25) is 0 Å². The number of hydrogen-bond donors (Lipinski definition) is 2. The summed E-state index contributed by atoms with van der Waals surface area (Å²) in [6, 6.07) is 3.98. The predicted octanol–water partition coefficient (Wildman–Crippen LogP) is 1.56. The number of carbonyl (C=O) groups excluding carboxylic acids is 1. The van der Waals surface area contributed by atoms with Crippen molar-refractivity contribution in [3.8, 4) is 0 Å². The van der Waals surface area contributed by atoms with E-state index in [2.05, 4.69) is 0 Å². The van der Waals surface area contributed by atoms with Gasteiger partial charge in [-0.2, -0.15) is 0 Å². The lowest BCUT2D eigenvalue weighted by Crippen LogP contribution is -2.38. The molecule has 0 aromatic heterocycles. The van der Waals surface area contributed by atoms with E-state index in [1.54, 1.807) is 0 Å². The van der Waals surface area contributed by atoms with Crippen molar-refractivity contribution in [1.82, 2.24) is 0 Å². The van der Waals surface area contributed by atoms with Crippen LogP contribution in [0.2, 0.25) is 0 Å². The largest absolute Gasteiger partial charge is 0.393 e. The monoisotopic (exact) mass is 246 g/mol. The van der Waals surface area contributed by atoms with Gasteiger partial charge in [-0.15, -0.1) is 0 Å². The summed E-state index contributed by atoms with van der Waals surface area (Å²) in [5.74, 6) is -0.843. The lowest BCUT2D eigenvalue weighted by molar-refractivity contribution is -0.119. The van der Waals surface area contributed by atoms with E-state index < -0.39 is 18.1 Å². The van der Waals surface area contributed by atoms with E-state index in [0.717, 1.165) is 22.3 Å². The lowest BCUT2D eigenvalue weighted by Gasteiger charge is -2.29. The maximum atomic E-state index is 12.0. The summed E-state index contributed by atoms with van der Waals surface area (Å²) in [6.07, 6.45) is 2.76. The van der Waals surface area contributed by atoms with Gasteiger partial charge in [-0.25, -0.2) is 0 Å². The number of hydrogen-bond acceptors (Lipinski definition) is 3. The van der Waals surface area contributed by atoms with Crippen LogP contribution in [-0.2, 0) is 4.79 Å². The van der Waals surface area contributed by atoms with Gasteiger partial charge in [0.05, 0.1) is 12.5 Å². The predicted molar refractivity (Wildman–Crippen MR) is 69.6 cm³/mol. The van der Waals surface area contributed by atoms with Gasteiger partial charge < -0.3 is 10.2 Å². The lowest BCUT2D eigenvalue weighted by atomic mass is 9.79. The normalized spacial score (nSPS) is 26.9. The van der Waals surface area contributed by atoms with Crippen LogP contribution in [0.25, 0.3) is 0 Å². The fourth-order valence-electron chi connectivity index (χ4n) is 2.85. The maximum Gasteiger partial charge on any atom is 0.166 e. The summed E-state index contributed by atoms with van der Waals surface area (Å²) < 4.78 is 0. The van der Waals surface area contributed by atoms with Crippen LogP contribution in [0.4, 0.5) is 0 Å². The first-order chi connectivity index (χ1) is 8.39. The highest BCUT2D eigenvalue weighted by Gasteiger charge is 2.44. The maximum absolute atomic E-state index is 12.0. The van der Waals surface area contributed by atoms with Gasteiger partial charge in [0, 0.05) is 0 Å². The van der Waals surface area contributed by atoms with E-state index in [1.807, 2.05) is 32.9 Å². The highest BCUT2D eigenvalue weighted by atomic mass is 16.3. The summed E-state index contributed by atoms with van der Waals surface area (Å²) in [5, 5.41) is 19.7. The second kappa shape index (κ2) is 4.34. The Morgan fingerprint density at radius 1 is 1.22 bits per heavy atom. The third-order valence-electron chi connectivity index (χ3n) is 3.60. The Labute approximate surface area is 107 Å². The molecule has 2 atom stereocenters. The smallest absolute Gasteiger partial charge is 0.166 e. The molecule has 0 amide bonds. The molecule has 0 saturated heterocycles. The van der Waals surface area contributed by atoms with Gasteiger partial charge >= 0.3 is 0 Å². The fourth-order valence-corrected chi connectivity index (χ4v) is 2.85. The van der Waals surface area contributed by atoms with Crippen molar-refractivity contribution in [3.05, 3.63) is 46.5 Å². The summed E-state index contributed by atoms with van der Waals surface area (Å²) in [7, 11) is 0. The third-order valence-corrected chi connectivity index (χ3v) is 3.60. The highest BCUT2D eigenvalue weighted by Crippen LogP contribution is 2.38. The van der Waals surface area contributed by atoms with Crippen LogP contribution in [0.3, 0.4) is 0 Å². The number of aryl methyl sites for hydroxylation is 3. The molecule has 0 bridgehead atoms. The first kappa shape index (κ1) is 13.0. The number of carbonyl (C=O) groups is 1. The van der Waals surface area contributed by atoms with E-state index >= 15 is 0 Å². The SMILES string of the molecule is Cc1cc(C)c(C2C(=O)C=C[C@@]2(O)CO)c(C)c1. The standard InChI is InChI=1S/C15H18O3/c1-9-6-10(2)13(11(3)7-9)14-12(17)4-5-15(14,18)8-16/h4-7,14,16,18H,8H2,1-3H3/t14?,15-/m1/s1. The second-order valence-electron chi connectivity index (χ2n) is 5.13. The topological polar surface area (TPSA) is 57.5 Å². The van der Waals surface area contributed by atoms with Crippen LogP contribution < -0.4 is 0 Å². The van der Waals surface area contributed by atoms with Crippen molar-refractivity contribution in [3.63, 3.8) is 0 Å². The molecule has 0 heterocycles. The zero-order valence-corrected chi connectivity index (χ0v) is 10.9. The highest BCUT2D eigenvalue weighted by molar-refractivity contribution is 6.00. The molecule has 0 saturated carbocycles. The summed E-state index contributed by atoms with van der Waals surface area (Å²) >= 11 is 0. The number of rotatable bonds is 2. The molecule has 96 valence electrons. The molecule has 18 heavy (non-hydrogen) atoms. The third kappa shape index (κ3) is 1.89. The van der Waals surface area contributed by atoms with Gasteiger partial charge in [0.15, 0.2) is 5.78 Å². The Morgan fingerprint density at radius 2 is 1.78 bits per heavy atom. The molecule has 3 nitrogen and oxygen atoms in total. The first-order valence-corrected chi connectivity index (χ1v) is 6.03. The Bertz CT molecular complexity index is 508. The Hall–Kier alpha value is -1.45. The van der Waals surface area contributed by atoms with E-state index in [1.165, 1.54) is 12.2 Å². The van der Waals surface area contributed by atoms with Crippen LogP contribution in [0.1, 0.15) is 28.2 Å². The van der Waals surface area contributed by atoms with Crippen molar-refractivity contribution < 1.29 is 15.0 Å². The number of ketones is 1. The quantitative estimate of drug-likeness (QED) is 0.832. The van der Waals surface area contributed by atoms with Crippen molar-refractivity contribution in [2.75, 3.05) is 6.61 Å². The van der Waals surface area contributed by atoms with Gasteiger partial charge in [-0.05, 0) is 49.6 Å². The summed E-state index contributed by atoms with van der Waals surface area (Å²) in [4.78, 5) is 12.0. The zero-order chi connectivity index (χ0) is 13.5. The average molecular weight is 246 g/mol. The zero-order valence-electron chi connectivity index (χ0n) is 10.9. The van der Waals surface area contributed by atoms with Gasteiger partial charge in [-0.1, -0.05) is 17.7 Å². The van der Waals surface area contributed by atoms with Crippen molar-refractivity contribution in [1.29, 1.82) is 0 Å². The Balaban J connectivity index is 2.59. The minimum absolute atomic E-state index is 0.151. The molecule has 1 aromatic rings. The van der Waals surface area contributed by atoms with Crippen LogP contribution in [0.15, 0.2) is 24.3 Å². The summed E-state index contributed by atoms with van der Waals surface area (Å²) in [6.45, 7) is 5.40. The molecule has 1 aliphatic rings. The molecule has 1 unspecified atom stereocenters. The number of aliphatic hydroxyl groups is 2. The molecule has 1 aliphatic carbocycles. The fraction of sp³-hybridized carbons (Fsp3) is 0.400. The van der Waals surface area contributed by atoms with Gasteiger partial charge in [0.25, 0.3) is 0 Å². The van der Waals surface area contributed by atoms with E-state index in [-0.39, 0.29) is 5.78 Å². The molecule has 0 aliphatic heterocycles. The Morgan fingerprint density at radius 3 is 2.28 bits per heavy atom. The van der Waals surface area contributed by atoms with E-state index in [9.17, 15) is 15.0 Å². The molecule has 1 aromatic carbocycles. The van der Waals surface area contributed by atoms with Gasteiger partial charge in [0.1, 0.15) is 5.60 Å². The Kier molecular flexibility index (Phi) is 3.13. The molecule has 2 N–H and O–H groups in total. The van der Waals surface area contributed by atoms with Crippen LogP contribution in [0, 0.1) is 20.8 Å². The molecule has 2 rings (SSSR count). The van der Waals surface area contributed by atoms with E-state index in [0.29, 0.717) is 0 Å². The average Bonchev–Trinajstić information content (AvgIpc) is 2.57. The van der Waals surface area contributed by atoms with Crippen molar-refractivity contribution >= 4 is 5.78 Å². The number of aliphatic hydroxyl groups excluding tert-OH is 1. The van der Waals surface area contributed by atoms with Crippen LogP contribution in [-0.4, -0.2) is 28.2 Å². The summed E-state index contributed by atoms with van der Waals surface area (Å²) in [5.41, 5.74) is 2.43. The van der Waals surface area contributed by atoms with E-state index in [4.69, 9.17) is 0 Å². The first-order valence-electron chi connectivity index (χ1n) is 6.03. The van der Waals surface area contributed by atoms with Gasteiger partial charge in [-0.3, -0.25) is 4.79 Å². The molecule has 0 spiro atoms. The number of benzene rings is 1. The minimum Gasteiger partial charge on any atom is -0.393 e. The molecule has 0 radical (unpaired) electrons. The second-order valence-corrected chi connectivity index (χ2v) is 5.13.